The molecule has 0 fully saturated rings. The Kier molecular flexibility index (Phi) is 50.4. The number of hydrogen-bond donors (Lipinski definition) is 0. The van der Waals surface area contributed by atoms with Gasteiger partial charge in [0.25, 0.3) is 0 Å². The van der Waals surface area contributed by atoms with Crippen molar-refractivity contribution in [1.82, 2.24) is 0 Å². The van der Waals surface area contributed by atoms with E-state index < -0.39 is 6.10 Å². The van der Waals surface area contributed by atoms with E-state index in [1.807, 2.05) is 0 Å². The SMILES string of the molecule is CC/C=C\C/C=C\CCCCCCCCCC(=O)OC(COC(=O)CCCCC/C=C\CCCCCCCCC)COC(=O)CCCCCCC/C=C\C=C/CCCCCCCCC. The van der Waals surface area contributed by atoms with E-state index in [1.165, 1.54) is 122 Å². The predicted molar refractivity (Wildman–Crippen MR) is 275 cm³/mol. The van der Waals surface area contributed by atoms with Gasteiger partial charge < -0.3 is 14.2 Å². The summed E-state index contributed by atoms with van der Waals surface area (Å²) in [6.45, 7) is 6.50. The summed E-state index contributed by atoms with van der Waals surface area (Å²) < 4.78 is 16.8. The summed E-state index contributed by atoms with van der Waals surface area (Å²) in [6.07, 6.45) is 64.9. The molecule has 0 aromatic carbocycles. The van der Waals surface area contributed by atoms with Crippen molar-refractivity contribution in [3.8, 4) is 0 Å². The molecule has 0 aliphatic rings. The third kappa shape index (κ3) is 50.1. The first kappa shape index (κ1) is 61.1. The van der Waals surface area contributed by atoms with Crippen LogP contribution in [0.1, 0.15) is 271 Å². The molecular formula is C58H102O6. The van der Waals surface area contributed by atoms with Gasteiger partial charge in [0.2, 0.25) is 0 Å². The fourth-order valence-electron chi connectivity index (χ4n) is 7.64. The highest BCUT2D eigenvalue weighted by atomic mass is 16.6. The zero-order valence-electron chi connectivity index (χ0n) is 42.3. The minimum Gasteiger partial charge on any atom is -0.462 e. The molecule has 0 aliphatic carbocycles. The largest absolute Gasteiger partial charge is 0.462 e. The number of rotatable bonds is 49. The number of carbonyl (C=O) groups is 3. The van der Waals surface area contributed by atoms with Gasteiger partial charge in [0.15, 0.2) is 6.10 Å². The van der Waals surface area contributed by atoms with Crippen molar-refractivity contribution in [2.24, 2.45) is 0 Å². The monoisotopic (exact) mass is 895 g/mol. The lowest BCUT2D eigenvalue weighted by atomic mass is 10.1. The Morgan fingerprint density at radius 2 is 0.656 bits per heavy atom. The predicted octanol–water partition coefficient (Wildman–Crippen LogP) is 18.0. The molecule has 0 rings (SSSR count). The van der Waals surface area contributed by atoms with Gasteiger partial charge in [-0.2, -0.15) is 0 Å². The van der Waals surface area contributed by atoms with Crippen LogP contribution in [0.4, 0.5) is 0 Å². The van der Waals surface area contributed by atoms with E-state index in [0.717, 1.165) is 109 Å². The molecule has 6 heteroatoms. The molecule has 0 N–H and O–H groups in total. The Morgan fingerprint density at radius 1 is 0.344 bits per heavy atom. The molecule has 0 aromatic rings. The summed E-state index contributed by atoms with van der Waals surface area (Å²) in [5, 5.41) is 0. The molecule has 370 valence electrons. The summed E-state index contributed by atoms with van der Waals surface area (Å²) in [5.74, 6) is -0.921. The summed E-state index contributed by atoms with van der Waals surface area (Å²) >= 11 is 0. The first-order chi connectivity index (χ1) is 31.5. The average molecular weight is 895 g/mol. The van der Waals surface area contributed by atoms with Crippen molar-refractivity contribution in [3.05, 3.63) is 60.8 Å². The van der Waals surface area contributed by atoms with Gasteiger partial charge in [0.05, 0.1) is 0 Å². The van der Waals surface area contributed by atoms with E-state index in [-0.39, 0.29) is 31.1 Å². The Balaban J connectivity index is 4.41. The summed E-state index contributed by atoms with van der Waals surface area (Å²) in [5.41, 5.74) is 0. The number of unbranched alkanes of at least 4 members (excludes halogenated alkanes) is 29. The third-order valence-corrected chi connectivity index (χ3v) is 11.8. The van der Waals surface area contributed by atoms with E-state index in [9.17, 15) is 14.4 Å². The second-order valence-electron chi connectivity index (χ2n) is 18.1. The van der Waals surface area contributed by atoms with E-state index in [4.69, 9.17) is 14.2 Å². The third-order valence-electron chi connectivity index (χ3n) is 11.8. The van der Waals surface area contributed by atoms with E-state index in [0.29, 0.717) is 19.3 Å². The molecule has 0 bridgehead atoms. The Hall–Kier alpha value is -2.89. The maximum Gasteiger partial charge on any atom is 0.306 e. The van der Waals surface area contributed by atoms with Crippen LogP contribution in [-0.2, 0) is 28.6 Å². The highest BCUT2D eigenvalue weighted by Gasteiger charge is 2.19. The van der Waals surface area contributed by atoms with Gasteiger partial charge in [0, 0.05) is 19.3 Å². The van der Waals surface area contributed by atoms with Gasteiger partial charge in [0.1, 0.15) is 13.2 Å². The van der Waals surface area contributed by atoms with Crippen LogP contribution in [0.5, 0.6) is 0 Å². The van der Waals surface area contributed by atoms with Crippen LogP contribution in [0.15, 0.2) is 60.8 Å². The molecule has 0 radical (unpaired) electrons. The molecule has 0 spiro atoms. The molecule has 1 unspecified atom stereocenters. The van der Waals surface area contributed by atoms with E-state index >= 15 is 0 Å². The van der Waals surface area contributed by atoms with Gasteiger partial charge in [-0.3, -0.25) is 14.4 Å². The smallest absolute Gasteiger partial charge is 0.306 e. The standard InChI is InChI=1S/C58H102O6/c1-4-7-10-13-16-19-22-25-28-29-30-31-34-36-39-42-45-48-51-57(60)63-54-55(64-58(61)52-49-46-43-40-37-33-27-24-21-18-15-12-9-6-3)53-62-56(59)50-47-44-41-38-35-32-26-23-20-17-14-11-8-5-2/h9,12,18,21,28-32,35,55H,4-8,10-11,13-17,19-20,22-27,33-34,36-54H2,1-3H3/b12-9-,21-18-,29-28-,31-30-,35-32-. The number of esters is 3. The molecule has 0 heterocycles. The van der Waals surface area contributed by atoms with Crippen LogP contribution in [0.3, 0.4) is 0 Å². The van der Waals surface area contributed by atoms with Crippen molar-refractivity contribution < 1.29 is 28.6 Å². The van der Waals surface area contributed by atoms with Crippen molar-refractivity contribution in [1.29, 1.82) is 0 Å². The van der Waals surface area contributed by atoms with Crippen molar-refractivity contribution in [2.75, 3.05) is 13.2 Å². The van der Waals surface area contributed by atoms with Crippen molar-refractivity contribution >= 4 is 17.9 Å². The fraction of sp³-hybridized carbons (Fsp3) is 0.776. The molecular weight excluding hydrogens is 793 g/mol. The van der Waals surface area contributed by atoms with Crippen LogP contribution >= 0.6 is 0 Å². The lowest BCUT2D eigenvalue weighted by Gasteiger charge is -2.18. The van der Waals surface area contributed by atoms with Crippen molar-refractivity contribution in [2.45, 2.75) is 277 Å². The normalized spacial score (nSPS) is 12.5. The number of ether oxygens (including phenoxy) is 3. The van der Waals surface area contributed by atoms with Crippen molar-refractivity contribution in [3.63, 3.8) is 0 Å². The van der Waals surface area contributed by atoms with Crippen LogP contribution < -0.4 is 0 Å². The van der Waals surface area contributed by atoms with Crippen LogP contribution in [0.25, 0.3) is 0 Å². The summed E-state index contributed by atoms with van der Waals surface area (Å²) in [4.78, 5) is 38.0. The number of allylic oxidation sites excluding steroid dienone is 10. The maximum atomic E-state index is 12.8. The van der Waals surface area contributed by atoms with Gasteiger partial charge in [-0.1, -0.05) is 216 Å². The first-order valence-electron chi connectivity index (χ1n) is 27.3. The minimum absolute atomic E-state index is 0.0898. The topological polar surface area (TPSA) is 78.9 Å². The zero-order chi connectivity index (χ0) is 46.5. The average Bonchev–Trinajstić information content (AvgIpc) is 3.29. The van der Waals surface area contributed by atoms with Gasteiger partial charge in [-0.05, 0) is 96.3 Å². The molecule has 6 nitrogen and oxygen atoms in total. The molecule has 0 aromatic heterocycles. The summed E-state index contributed by atoms with van der Waals surface area (Å²) in [6, 6.07) is 0. The molecule has 1 atom stereocenters. The van der Waals surface area contributed by atoms with Crippen LogP contribution in [-0.4, -0.2) is 37.2 Å². The molecule has 0 aliphatic heterocycles. The lowest BCUT2D eigenvalue weighted by molar-refractivity contribution is -0.167. The fourth-order valence-corrected chi connectivity index (χ4v) is 7.64. The molecule has 0 amide bonds. The Bertz CT molecular complexity index is 1170. The van der Waals surface area contributed by atoms with E-state index in [2.05, 4.69) is 81.5 Å². The highest BCUT2D eigenvalue weighted by Crippen LogP contribution is 2.14. The van der Waals surface area contributed by atoms with Crippen LogP contribution in [0, 0.1) is 0 Å². The Morgan fingerprint density at radius 3 is 1.06 bits per heavy atom. The van der Waals surface area contributed by atoms with E-state index in [1.54, 1.807) is 0 Å². The molecule has 64 heavy (non-hydrogen) atoms. The minimum atomic E-state index is -0.790. The van der Waals surface area contributed by atoms with Gasteiger partial charge in [-0.25, -0.2) is 0 Å². The lowest BCUT2D eigenvalue weighted by Crippen LogP contribution is -2.30. The second-order valence-corrected chi connectivity index (χ2v) is 18.1. The Labute approximate surface area is 396 Å². The molecule has 0 saturated heterocycles. The van der Waals surface area contributed by atoms with Gasteiger partial charge in [-0.15, -0.1) is 0 Å². The maximum absolute atomic E-state index is 12.8. The first-order valence-corrected chi connectivity index (χ1v) is 27.3. The highest BCUT2D eigenvalue weighted by molar-refractivity contribution is 5.71. The number of carbonyl (C=O) groups excluding carboxylic acids is 3. The molecule has 0 saturated carbocycles. The number of hydrogen-bond acceptors (Lipinski definition) is 6. The zero-order valence-corrected chi connectivity index (χ0v) is 42.3. The quantitative estimate of drug-likeness (QED) is 0.0199. The van der Waals surface area contributed by atoms with Gasteiger partial charge >= 0.3 is 17.9 Å². The second kappa shape index (κ2) is 52.7. The summed E-state index contributed by atoms with van der Waals surface area (Å²) in [7, 11) is 0. The van der Waals surface area contributed by atoms with Crippen LogP contribution in [0.2, 0.25) is 0 Å².